The topological polar surface area (TPSA) is 53.1 Å². The molecule has 4 aliphatic rings. The van der Waals surface area contributed by atoms with Crippen LogP contribution in [-0.4, -0.2) is 78.0 Å². The summed E-state index contributed by atoms with van der Waals surface area (Å²) < 4.78 is 6.21. The monoisotopic (exact) mass is 431 g/mol. The smallest absolute Gasteiger partial charge is 0.225 e. The molecule has 2 aliphatic heterocycles. The largest absolute Gasteiger partial charge is 0.376 e. The molecule has 2 saturated heterocycles. The first-order valence-corrected chi connectivity index (χ1v) is 12.3. The number of thiophene rings is 1. The van der Waals surface area contributed by atoms with E-state index in [9.17, 15) is 9.59 Å². The molecular weight excluding hydrogens is 398 g/mol. The normalized spacial score (nSPS) is 31.0. The lowest BCUT2D eigenvalue weighted by Crippen LogP contribution is -2.37. The van der Waals surface area contributed by atoms with Crippen LogP contribution in [0, 0.1) is 11.8 Å². The van der Waals surface area contributed by atoms with E-state index in [1.807, 2.05) is 23.9 Å². The molecule has 164 valence electrons. The molecule has 3 heterocycles. The number of likely N-dealkylation sites (tertiary alicyclic amines) is 1. The second-order valence-electron chi connectivity index (χ2n) is 9.67. The van der Waals surface area contributed by atoms with Crippen molar-refractivity contribution >= 4 is 23.2 Å². The summed E-state index contributed by atoms with van der Waals surface area (Å²) in [5, 5.41) is 2.12. The van der Waals surface area contributed by atoms with Gasteiger partial charge in [-0.2, -0.15) is 0 Å². The molecule has 0 spiro atoms. The maximum absolute atomic E-state index is 12.9. The van der Waals surface area contributed by atoms with Gasteiger partial charge in [0, 0.05) is 62.5 Å². The van der Waals surface area contributed by atoms with E-state index < -0.39 is 0 Å². The van der Waals surface area contributed by atoms with Gasteiger partial charge < -0.3 is 14.5 Å². The van der Waals surface area contributed by atoms with Gasteiger partial charge in [0.25, 0.3) is 0 Å². The summed E-state index contributed by atoms with van der Waals surface area (Å²) in [5.74, 6) is 0.972. The van der Waals surface area contributed by atoms with E-state index in [0.29, 0.717) is 37.6 Å². The minimum Gasteiger partial charge on any atom is -0.376 e. The van der Waals surface area contributed by atoms with E-state index in [1.54, 1.807) is 11.3 Å². The second-order valence-corrected chi connectivity index (χ2v) is 10.7. The highest BCUT2D eigenvalue weighted by molar-refractivity contribution is 7.09. The van der Waals surface area contributed by atoms with Crippen LogP contribution in [0.5, 0.6) is 0 Å². The van der Waals surface area contributed by atoms with Crippen LogP contribution in [0.25, 0.3) is 0 Å². The predicted molar refractivity (Wildman–Crippen MR) is 116 cm³/mol. The maximum atomic E-state index is 12.9. The van der Waals surface area contributed by atoms with Crippen molar-refractivity contribution in [2.75, 3.05) is 27.2 Å². The van der Waals surface area contributed by atoms with E-state index >= 15 is 0 Å². The Morgan fingerprint density at radius 3 is 2.37 bits per heavy atom. The Morgan fingerprint density at radius 1 is 1.10 bits per heavy atom. The van der Waals surface area contributed by atoms with Gasteiger partial charge in [-0.15, -0.1) is 11.3 Å². The predicted octanol–water partition coefficient (Wildman–Crippen LogP) is 2.59. The van der Waals surface area contributed by atoms with Gasteiger partial charge in [-0.1, -0.05) is 6.07 Å². The van der Waals surface area contributed by atoms with E-state index in [2.05, 4.69) is 22.4 Å². The number of ether oxygens (including phenoxy) is 1. The van der Waals surface area contributed by atoms with Gasteiger partial charge in [0.15, 0.2) is 0 Å². The van der Waals surface area contributed by atoms with Crippen molar-refractivity contribution in [3.8, 4) is 0 Å². The number of amides is 2. The molecule has 1 aromatic heterocycles. The molecule has 0 unspecified atom stereocenters. The lowest BCUT2D eigenvalue weighted by molar-refractivity contribution is -0.133. The van der Waals surface area contributed by atoms with Crippen molar-refractivity contribution in [1.29, 1.82) is 0 Å². The molecule has 30 heavy (non-hydrogen) atoms. The van der Waals surface area contributed by atoms with E-state index in [-0.39, 0.29) is 29.8 Å². The summed E-state index contributed by atoms with van der Waals surface area (Å²) in [4.78, 5) is 33.4. The van der Waals surface area contributed by atoms with Gasteiger partial charge in [0.2, 0.25) is 11.8 Å². The van der Waals surface area contributed by atoms with Crippen LogP contribution >= 0.6 is 11.3 Å². The quantitative estimate of drug-likeness (QED) is 0.635. The third-order valence-electron chi connectivity index (χ3n) is 7.56. The Labute approximate surface area is 183 Å². The van der Waals surface area contributed by atoms with Crippen LogP contribution in [0.1, 0.15) is 43.4 Å². The van der Waals surface area contributed by atoms with Crippen LogP contribution in [-0.2, 0) is 20.9 Å². The first-order chi connectivity index (χ1) is 14.5. The molecule has 2 amide bonds. The Kier molecular flexibility index (Phi) is 5.62. The molecule has 2 saturated carbocycles. The van der Waals surface area contributed by atoms with Gasteiger partial charge in [0.05, 0.1) is 19.1 Å². The van der Waals surface area contributed by atoms with Crippen LogP contribution in [0.15, 0.2) is 17.5 Å². The highest BCUT2D eigenvalue weighted by Gasteiger charge is 2.52. The van der Waals surface area contributed by atoms with Gasteiger partial charge >= 0.3 is 0 Å². The van der Waals surface area contributed by atoms with Gasteiger partial charge in [-0.25, -0.2) is 0 Å². The zero-order chi connectivity index (χ0) is 20.8. The second kappa shape index (κ2) is 8.24. The molecule has 1 aromatic rings. The van der Waals surface area contributed by atoms with E-state index in [4.69, 9.17) is 4.74 Å². The fraction of sp³-hybridized carbons (Fsp3) is 0.739. The van der Waals surface area contributed by atoms with Gasteiger partial charge in [0.1, 0.15) is 0 Å². The highest BCUT2D eigenvalue weighted by atomic mass is 32.1. The van der Waals surface area contributed by atoms with Crippen LogP contribution in [0.4, 0.5) is 0 Å². The third kappa shape index (κ3) is 4.16. The average Bonchev–Trinajstić information content (AvgIpc) is 3.64. The Bertz CT molecular complexity index is 777. The van der Waals surface area contributed by atoms with Crippen molar-refractivity contribution in [1.82, 2.24) is 14.7 Å². The van der Waals surface area contributed by atoms with Crippen molar-refractivity contribution in [3.63, 3.8) is 0 Å². The van der Waals surface area contributed by atoms with E-state index in [0.717, 1.165) is 38.8 Å². The summed E-state index contributed by atoms with van der Waals surface area (Å²) in [7, 11) is 3.88. The zero-order valence-corrected chi connectivity index (χ0v) is 18.9. The summed E-state index contributed by atoms with van der Waals surface area (Å²) in [6.45, 7) is 2.50. The summed E-state index contributed by atoms with van der Waals surface area (Å²) in [6, 6.07) is 5.46. The van der Waals surface area contributed by atoms with Crippen molar-refractivity contribution in [3.05, 3.63) is 22.4 Å². The average molecular weight is 432 g/mol. The molecular formula is C23H33N3O3S. The number of rotatable bonds is 8. The molecule has 6 nitrogen and oxygen atoms in total. The van der Waals surface area contributed by atoms with E-state index in [1.165, 1.54) is 4.88 Å². The van der Waals surface area contributed by atoms with Gasteiger partial charge in [-0.3, -0.25) is 14.5 Å². The van der Waals surface area contributed by atoms with Crippen molar-refractivity contribution in [2.45, 2.75) is 69.3 Å². The first kappa shape index (κ1) is 20.5. The van der Waals surface area contributed by atoms with Crippen LogP contribution < -0.4 is 0 Å². The Morgan fingerprint density at radius 2 is 1.77 bits per heavy atom. The zero-order valence-electron chi connectivity index (χ0n) is 18.0. The fourth-order valence-electron chi connectivity index (χ4n) is 5.41. The number of nitrogens with zero attached hydrogens (tertiary/aromatic N) is 3. The molecule has 0 aromatic carbocycles. The number of carbonyl (C=O) groups excluding carboxylic acids is 2. The standard InChI is InChI=1S/C23H33N3O3S/c1-24(16-5-6-16)21(27)10-15-12-26(13-18-4-3-9-30-18)19-14-29-20(23(15)19)11-22(28)25(2)17-7-8-17/h3-4,9,15-17,19-20,23H,5-8,10-14H2,1-2H3/t15-,19-,20+,23-/m1/s1. The molecule has 0 bridgehead atoms. The van der Waals surface area contributed by atoms with Crippen LogP contribution in [0.3, 0.4) is 0 Å². The van der Waals surface area contributed by atoms with Crippen molar-refractivity contribution < 1.29 is 14.3 Å². The number of hydrogen-bond donors (Lipinski definition) is 0. The third-order valence-corrected chi connectivity index (χ3v) is 8.43. The molecule has 0 N–H and O–H groups in total. The van der Waals surface area contributed by atoms with Crippen molar-refractivity contribution in [2.24, 2.45) is 11.8 Å². The number of hydrogen-bond acceptors (Lipinski definition) is 5. The minimum atomic E-state index is -0.0685. The molecule has 4 atom stereocenters. The molecule has 4 fully saturated rings. The lowest BCUT2D eigenvalue weighted by atomic mass is 9.84. The molecule has 0 radical (unpaired) electrons. The molecule has 5 rings (SSSR count). The number of fused-ring (bicyclic) bond motifs is 1. The highest BCUT2D eigenvalue weighted by Crippen LogP contribution is 2.43. The molecule has 7 heteroatoms. The number of carbonyl (C=O) groups is 2. The SMILES string of the molecule is CN(C(=O)C[C@@H]1CN(Cc2cccs2)[C@@H]2CO[C@@H](CC(=O)N(C)C3CC3)[C@H]12)C1CC1. The summed E-state index contributed by atoms with van der Waals surface area (Å²) in [6.07, 6.45) is 5.47. The van der Waals surface area contributed by atoms with Gasteiger partial charge in [-0.05, 0) is 43.0 Å². The Hall–Kier alpha value is -1.44. The van der Waals surface area contributed by atoms with Crippen LogP contribution in [0.2, 0.25) is 0 Å². The lowest BCUT2D eigenvalue weighted by Gasteiger charge is -2.26. The first-order valence-electron chi connectivity index (χ1n) is 11.4. The minimum absolute atomic E-state index is 0.0685. The maximum Gasteiger partial charge on any atom is 0.225 e. The Balaban J connectivity index is 1.29. The summed E-state index contributed by atoms with van der Waals surface area (Å²) in [5.41, 5.74) is 0. The molecule has 2 aliphatic carbocycles. The summed E-state index contributed by atoms with van der Waals surface area (Å²) >= 11 is 1.78. The fourth-order valence-corrected chi connectivity index (χ4v) is 6.14.